The topological polar surface area (TPSA) is 93.7 Å². The first-order valence-electron chi connectivity index (χ1n) is 8.62. The summed E-state index contributed by atoms with van der Waals surface area (Å²) in [5, 5.41) is 5.90. The molecule has 7 nitrogen and oxygen atoms in total. The molecule has 0 radical (unpaired) electrons. The first kappa shape index (κ1) is 22.5. The molecule has 2 aromatic rings. The summed E-state index contributed by atoms with van der Waals surface area (Å²) in [5.74, 6) is -1.05. The average Bonchev–Trinajstić information content (AvgIpc) is 2.72. The molecule has 154 valence electrons. The maximum atomic E-state index is 12.0. The molecule has 9 heteroatoms. The molecule has 2 aromatic carbocycles. The Morgan fingerprint density at radius 2 is 1.72 bits per heavy atom. The van der Waals surface area contributed by atoms with Crippen LogP contribution >= 0.6 is 23.2 Å². The molecule has 0 saturated carbocycles. The van der Waals surface area contributed by atoms with Gasteiger partial charge in [-0.15, -0.1) is 0 Å². The van der Waals surface area contributed by atoms with E-state index in [1.54, 1.807) is 49.4 Å². The fourth-order valence-electron chi connectivity index (χ4n) is 2.34. The summed E-state index contributed by atoms with van der Waals surface area (Å²) < 4.78 is 9.89. The summed E-state index contributed by atoms with van der Waals surface area (Å²) in [6.07, 6.45) is 0. The van der Waals surface area contributed by atoms with Crippen LogP contribution in [0.2, 0.25) is 10.0 Å². The summed E-state index contributed by atoms with van der Waals surface area (Å²) in [6, 6.07) is 11.1. The fraction of sp³-hybridized carbons (Fsp3) is 0.250. The van der Waals surface area contributed by atoms with Crippen molar-refractivity contribution < 1.29 is 23.9 Å². The van der Waals surface area contributed by atoms with E-state index < -0.39 is 24.4 Å². The van der Waals surface area contributed by atoms with Gasteiger partial charge in [-0.25, -0.2) is 0 Å². The number of ether oxygens (including phenoxy) is 2. The number of hydrogen-bond donors (Lipinski definition) is 2. The van der Waals surface area contributed by atoms with E-state index in [4.69, 9.17) is 32.7 Å². The fourth-order valence-corrected chi connectivity index (χ4v) is 2.65. The minimum absolute atomic E-state index is 0.356. The number of amides is 2. The Morgan fingerprint density at radius 3 is 2.34 bits per heavy atom. The molecule has 0 heterocycles. The van der Waals surface area contributed by atoms with Crippen molar-refractivity contribution >= 4 is 41.0 Å². The summed E-state index contributed by atoms with van der Waals surface area (Å²) in [6.45, 7) is 0.928. The van der Waals surface area contributed by atoms with E-state index in [9.17, 15) is 14.4 Å². The number of hydrogen-bond acceptors (Lipinski definition) is 5. The number of halogens is 2. The number of rotatable bonds is 8. The third kappa shape index (κ3) is 6.96. The van der Waals surface area contributed by atoms with Crippen LogP contribution in [0, 0.1) is 0 Å². The van der Waals surface area contributed by atoms with Crippen LogP contribution in [0.1, 0.15) is 28.9 Å². The first-order chi connectivity index (χ1) is 13.8. The lowest BCUT2D eigenvalue weighted by atomic mass is 10.1. The van der Waals surface area contributed by atoms with Gasteiger partial charge in [-0.3, -0.25) is 14.4 Å². The van der Waals surface area contributed by atoms with Gasteiger partial charge in [-0.1, -0.05) is 29.3 Å². The Morgan fingerprint density at radius 1 is 1.03 bits per heavy atom. The Bertz CT molecular complexity index is 887. The second-order valence-electron chi connectivity index (χ2n) is 6.03. The van der Waals surface area contributed by atoms with E-state index in [0.717, 1.165) is 5.56 Å². The SMILES string of the molecule is COc1ccc(C(=O)NCC(=O)OCC(=O)NC(C)c2ccc(Cl)c(Cl)c2)cc1. The smallest absolute Gasteiger partial charge is 0.325 e. The van der Waals surface area contributed by atoms with E-state index in [1.807, 2.05) is 0 Å². The highest BCUT2D eigenvalue weighted by Gasteiger charge is 2.14. The van der Waals surface area contributed by atoms with Crippen molar-refractivity contribution in [2.24, 2.45) is 0 Å². The van der Waals surface area contributed by atoms with Crippen molar-refractivity contribution in [1.29, 1.82) is 0 Å². The van der Waals surface area contributed by atoms with Gasteiger partial charge in [0, 0.05) is 5.56 Å². The van der Waals surface area contributed by atoms with Crippen LogP contribution in [0.4, 0.5) is 0 Å². The van der Waals surface area contributed by atoms with Crippen molar-refractivity contribution in [1.82, 2.24) is 10.6 Å². The van der Waals surface area contributed by atoms with Crippen molar-refractivity contribution in [3.63, 3.8) is 0 Å². The number of benzene rings is 2. The lowest BCUT2D eigenvalue weighted by Gasteiger charge is -2.15. The maximum absolute atomic E-state index is 12.0. The lowest BCUT2D eigenvalue weighted by molar-refractivity contribution is -0.147. The van der Waals surface area contributed by atoms with Crippen LogP contribution in [0.25, 0.3) is 0 Å². The minimum Gasteiger partial charge on any atom is -0.497 e. The van der Waals surface area contributed by atoms with E-state index in [2.05, 4.69) is 10.6 Å². The Kier molecular flexibility index (Phi) is 8.30. The maximum Gasteiger partial charge on any atom is 0.325 e. The predicted molar refractivity (Wildman–Crippen MR) is 109 cm³/mol. The monoisotopic (exact) mass is 438 g/mol. The number of esters is 1. The molecule has 0 saturated heterocycles. The van der Waals surface area contributed by atoms with Crippen LogP contribution in [-0.2, 0) is 14.3 Å². The molecule has 0 aliphatic heterocycles. The van der Waals surface area contributed by atoms with Crippen LogP contribution < -0.4 is 15.4 Å². The van der Waals surface area contributed by atoms with Crippen molar-refractivity contribution in [3.8, 4) is 5.75 Å². The zero-order valence-electron chi connectivity index (χ0n) is 15.8. The van der Waals surface area contributed by atoms with Gasteiger partial charge in [0.15, 0.2) is 6.61 Å². The zero-order chi connectivity index (χ0) is 21.4. The molecule has 0 aliphatic carbocycles. The molecule has 0 spiro atoms. The van der Waals surface area contributed by atoms with Gasteiger partial charge < -0.3 is 20.1 Å². The number of carbonyl (C=O) groups is 3. The van der Waals surface area contributed by atoms with E-state index in [0.29, 0.717) is 21.4 Å². The average molecular weight is 439 g/mol. The Labute approximate surface area is 178 Å². The van der Waals surface area contributed by atoms with Gasteiger partial charge in [-0.05, 0) is 48.9 Å². The zero-order valence-corrected chi connectivity index (χ0v) is 17.3. The van der Waals surface area contributed by atoms with Gasteiger partial charge >= 0.3 is 5.97 Å². The Hall–Kier alpha value is -2.77. The summed E-state index contributed by atoms with van der Waals surface area (Å²) in [5.41, 5.74) is 1.12. The van der Waals surface area contributed by atoms with E-state index in [1.165, 1.54) is 7.11 Å². The molecule has 0 fully saturated rings. The van der Waals surface area contributed by atoms with Crippen LogP contribution in [0.15, 0.2) is 42.5 Å². The molecule has 2 N–H and O–H groups in total. The third-order valence-electron chi connectivity index (χ3n) is 3.93. The molecule has 2 rings (SSSR count). The molecular formula is C20H20Cl2N2O5. The van der Waals surface area contributed by atoms with E-state index >= 15 is 0 Å². The van der Waals surface area contributed by atoms with Gasteiger partial charge in [0.25, 0.3) is 11.8 Å². The van der Waals surface area contributed by atoms with Crippen LogP contribution in [0.3, 0.4) is 0 Å². The molecular weight excluding hydrogens is 419 g/mol. The largest absolute Gasteiger partial charge is 0.497 e. The molecule has 0 aromatic heterocycles. The van der Waals surface area contributed by atoms with E-state index in [-0.39, 0.29) is 12.6 Å². The molecule has 1 atom stereocenters. The number of methoxy groups -OCH3 is 1. The number of nitrogens with one attached hydrogen (secondary N) is 2. The van der Waals surface area contributed by atoms with Crippen LogP contribution in [0.5, 0.6) is 5.75 Å². The van der Waals surface area contributed by atoms with Crippen molar-refractivity contribution in [2.45, 2.75) is 13.0 Å². The van der Waals surface area contributed by atoms with Gasteiger partial charge in [-0.2, -0.15) is 0 Å². The highest BCUT2D eigenvalue weighted by Crippen LogP contribution is 2.25. The van der Waals surface area contributed by atoms with Gasteiger partial charge in [0.05, 0.1) is 23.2 Å². The molecule has 29 heavy (non-hydrogen) atoms. The number of carbonyl (C=O) groups excluding carboxylic acids is 3. The second kappa shape index (κ2) is 10.7. The van der Waals surface area contributed by atoms with Crippen molar-refractivity contribution in [3.05, 3.63) is 63.6 Å². The second-order valence-corrected chi connectivity index (χ2v) is 6.85. The van der Waals surface area contributed by atoms with Gasteiger partial charge in [0.2, 0.25) is 0 Å². The molecule has 0 bridgehead atoms. The highest BCUT2D eigenvalue weighted by molar-refractivity contribution is 6.42. The third-order valence-corrected chi connectivity index (χ3v) is 4.67. The summed E-state index contributed by atoms with van der Waals surface area (Å²) in [4.78, 5) is 35.7. The Balaban J connectivity index is 1.74. The molecule has 1 unspecified atom stereocenters. The first-order valence-corrected chi connectivity index (χ1v) is 9.38. The van der Waals surface area contributed by atoms with Crippen LogP contribution in [-0.4, -0.2) is 38.0 Å². The summed E-state index contributed by atoms with van der Waals surface area (Å²) in [7, 11) is 1.52. The van der Waals surface area contributed by atoms with Gasteiger partial charge in [0.1, 0.15) is 12.3 Å². The summed E-state index contributed by atoms with van der Waals surface area (Å²) >= 11 is 11.8. The minimum atomic E-state index is -0.732. The standard InChI is InChI=1S/C20H20Cl2N2O5/c1-12(14-5-8-16(21)17(22)9-14)24-18(25)11-29-19(26)10-23-20(27)13-3-6-15(28-2)7-4-13/h3-9,12H,10-11H2,1-2H3,(H,23,27)(H,24,25). The molecule has 2 amide bonds. The predicted octanol–water partition coefficient (Wildman–Crippen LogP) is 3.15. The quantitative estimate of drug-likeness (QED) is 0.617. The van der Waals surface area contributed by atoms with Crippen molar-refractivity contribution in [2.75, 3.05) is 20.3 Å². The lowest BCUT2D eigenvalue weighted by Crippen LogP contribution is -2.34. The highest BCUT2D eigenvalue weighted by atomic mass is 35.5. The normalized spacial score (nSPS) is 11.3. The molecule has 0 aliphatic rings.